The molecule has 1 aromatic heterocycles. The third-order valence-corrected chi connectivity index (χ3v) is 3.13. The van der Waals surface area contributed by atoms with Gasteiger partial charge in [-0.2, -0.15) is 8.42 Å². The molecule has 0 aliphatic heterocycles. The van der Waals surface area contributed by atoms with Gasteiger partial charge in [-0.3, -0.25) is 4.98 Å². The molecule has 0 unspecified atom stereocenters. The molecule has 2 aromatic rings. The first kappa shape index (κ1) is 11.3. The number of hydrogen-bond donors (Lipinski definition) is 0. The molecule has 16 heavy (non-hydrogen) atoms. The number of aromatic nitrogens is 1. The average Bonchev–Trinajstić information content (AvgIpc) is 2.21. The van der Waals surface area contributed by atoms with Crippen LogP contribution in [0.3, 0.4) is 0 Å². The summed E-state index contributed by atoms with van der Waals surface area (Å²) in [4.78, 5) is 4.01. The summed E-state index contributed by atoms with van der Waals surface area (Å²) in [5.74, 6) is -0.750. The van der Waals surface area contributed by atoms with Crippen molar-refractivity contribution in [3.05, 3.63) is 41.0 Å². The van der Waals surface area contributed by atoms with Crippen LogP contribution in [0, 0.1) is 0 Å². The lowest BCUT2D eigenvalue weighted by Crippen LogP contribution is -1.99. The van der Waals surface area contributed by atoms with Crippen LogP contribution in [0.2, 0.25) is 5.02 Å². The molecule has 1 heterocycles. The van der Waals surface area contributed by atoms with Crippen LogP contribution >= 0.6 is 11.6 Å². The van der Waals surface area contributed by atoms with E-state index in [-0.39, 0.29) is 10.6 Å². The first-order chi connectivity index (χ1) is 7.47. The molecule has 0 saturated heterocycles. The van der Waals surface area contributed by atoms with Gasteiger partial charge in [-0.05, 0) is 12.1 Å². The van der Waals surface area contributed by atoms with E-state index in [0.29, 0.717) is 5.52 Å². The van der Waals surface area contributed by atoms with Crippen molar-refractivity contribution in [1.29, 1.82) is 0 Å². The van der Waals surface area contributed by atoms with E-state index in [1.54, 1.807) is 18.2 Å². The molecule has 0 amide bonds. The lowest BCUT2D eigenvalue weighted by atomic mass is 10.1. The highest BCUT2D eigenvalue weighted by atomic mass is 35.5. The number of nitrogens with zero attached hydrogens (tertiary/aromatic N) is 1. The van der Waals surface area contributed by atoms with E-state index >= 15 is 0 Å². The molecular formula is C10H7ClFNO2S. The van der Waals surface area contributed by atoms with Gasteiger partial charge in [0.25, 0.3) is 0 Å². The van der Waals surface area contributed by atoms with Gasteiger partial charge in [-0.25, -0.2) is 0 Å². The third kappa shape index (κ3) is 2.31. The summed E-state index contributed by atoms with van der Waals surface area (Å²) in [5, 5.41) is 0.929. The van der Waals surface area contributed by atoms with Crippen LogP contribution < -0.4 is 0 Å². The molecule has 84 valence electrons. The number of rotatable bonds is 2. The largest absolute Gasteiger partial charge is 0.306 e. The van der Waals surface area contributed by atoms with E-state index in [0.717, 1.165) is 5.39 Å². The van der Waals surface area contributed by atoms with E-state index in [1.807, 2.05) is 0 Å². The molecule has 0 fully saturated rings. The molecule has 0 saturated carbocycles. The third-order valence-electron chi connectivity index (χ3n) is 2.14. The second kappa shape index (κ2) is 3.99. The maximum atomic E-state index is 12.7. The van der Waals surface area contributed by atoms with Gasteiger partial charge in [0.05, 0.1) is 5.52 Å². The average molecular weight is 260 g/mol. The van der Waals surface area contributed by atoms with Crippen LogP contribution in [0.15, 0.2) is 30.5 Å². The second-order valence-corrected chi connectivity index (χ2v) is 5.06. The number of halogens is 2. The first-order valence-electron chi connectivity index (χ1n) is 4.42. The summed E-state index contributed by atoms with van der Waals surface area (Å²) in [5.41, 5.74) is 0.610. The predicted molar refractivity (Wildman–Crippen MR) is 60.5 cm³/mol. The number of fused-ring (bicyclic) bond motifs is 1. The van der Waals surface area contributed by atoms with E-state index in [1.165, 1.54) is 12.3 Å². The molecule has 0 atom stereocenters. The fourth-order valence-electron chi connectivity index (χ4n) is 1.49. The van der Waals surface area contributed by atoms with E-state index in [4.69, 9.17) is 11.6 Å². The van der Waals surface area contributed by atoms with Gasteiger partial charge >= 0.3 is 10.2 Å². The Bertz CT molecular complexity index is 642. The van der Waals surface area contributed by atoms with Crippen molar-refractivity contribution in [2.45, 2.75) is 5.75 Å². The minimum Gasteiger partial charge on any atom is -0.256 e. The van der Waals surface area contributed by atoms with Gasteiger partial charge in [0.1, 0.15) is 5.75 Å². The quantitative estimate of drug-likeness (QED) is 0.779. The molecule has 6 heteroatoms. The summed E-state index contributed by atoms with van der Waals surface area (Å²) < 4.78 is 34.0. The molecular weight excluding hydrogens is 253 g/mol. The fraction of sp³-hybridized carbons (Fsp3) is 0.100. The van der Waals surface area contributed by atoms with Crippen LogP contribution in [0.4, 0.5) is 3.89 Å². The van der Waals surface area contributed by atoms with Crippen molar-refractivity contribution in [1.82, 2.24) is 4.98 Å². The zero-order valence-corrected chi connectivity index (χ0v) is 9.59. The van der Waals surface area contributed by atoms with E-state index < -0.39 is 16.0 Å². The van der Waals surface area contributed by atoms with Crippen molar-refractivity contribution in [3.8, 4) is 0 Å². The predicted octanol–water partition coefficient (Wildman–Crippen LogP) is 2.69. The maximum absolute atomic E-state index is 12.7. The summed E-state index contributed by atoms with van der Waals surface area (Å²) in [6.45, 7) is 0. The highest BCUT2D eigenvalue weighted by Gasteiger charge is 2.15. The first-order valence-corrected chi connectivity index (χ1v) is 6.35. The summed E-state index contributed by atoms with van der Waals surface area (Å²) in [6.07, 6.45) is 1.51. The monoisotopic (exact) mass is 259 g/mol. The van der Waals surface area contributed by atoms with Crippen LogP contribution in [0.5, 0.6) is 0 Å². The van der Waals surface area contributed by atoms with Crippen LogP contribution in [-0.2, 0) is 16.0 Å². The van der Waals surface area contributed by atoms with Crippen molar-refractivity contribution in [2.24, 2.45) is 0 Å². The van der Waals surface area contributed by atoms with Crippen LogP contribution in [0.25, 0.3) is 10.9 Å². The number of hydrogen-bond acceptors (Lipinski definition) is 3. The Morgan fingerprint density at radius 3 is 2.75 bits per heavy atom. The van der Waals surface area contributed by atoms with Gasteiger partial charge in [0, 0.05) is 22.2 Å². The van der Waals surface area contributed by atoms with Gasteiger partial charge in [-0.15, -0.1) is 3.89 Å². The van der Waals surface area contributed by atoms with Crippen molar-refractivity contribution in [3.63, 3.8) is 0 Å². The molecule has 0 radical (unpaired) electrons. The lowest BCUT2D eigenvalue weighted by molar-refractivity contribution is 0.551. The standard InChI is InChI=1S/C10H7ClFNO2S/c11-9-4-3-7-2-1-5-13-10(7)8(9)6-16(12,14)15/h1-5H,6H2. The zero-order valence-electron chi connectivity index (χ0n) is 8.02. The Morgan fingerprint density at radius 1 is 1.31 bits per heavy atom. The SMILES string of the molecule is O=S(=O)(F)Cc1c(Cl)ccc2cccnc12. The highest BCUT2D eigenvalue weighted by molar-refractivity contribution is 7.85. The molecule has 0 N–H and O–H groups in total. The smallest absolute Gasteiger partial charge is 0.256 e. The minimum atomic E-state index is -4.62. The van der Waals surface area contributed by atoms with Crippen LogP contribution in [0.1, 0.15) is 5.56 Å². The zero-order chi connectivity index (χ0) is 11.8. The highest BCUT2D eigenvalue weighted by Crippen LogP contribution is 2.26. The Morgan fingerprint density at radius 2 is 2.06 bits per heavy atom. The fourth-order valence-corrected chi connectivity index (χ4v) is 2.43. The maximum Gasteiger partial charge on any atom is 0.306 e. The number of pyridine rings is 1. The molecule has 3 nitrogen and oxygen atoms in total. The molecule has 2 rings (SSSR count). The summed E-state index contributed by atoms with van der Waals surface area (Å²) >= 11 is 5.84. The van der Waals surface area contributed by atoms with E-state index in [9.17, 15) is 12.3 Å². The van der Waals surface area contributed by atoms with Gasteiger partial charge < -0.3 is 0 Å². The molecule has 0 aliphatic carbocycles. The second-order valence-electron chi connectivity index (χ2n) is 3.28. The normalized spacial score (nSPS) is 11.9. The Kier molecular flexibility index (Phi) is 2.82. The van der Waals surface area contributed by atoms with Crippen molar-refractivity contribution < 1.29 is 12.3 Å². The minimum absolute atomic E-state index is 0.197. The summed E-state index contributed by atoms with van der Waals surface area (Å²) in [6, 6.07) is 6.71. The Balaban J connectivity index is 2.71. The van der Waals surface area contributed by atoms with Gasteiger partial charge in [0.2, 0.25) is 0 Å². The molecule has 1 aromatic carbocycles. The Labute approximate surface area is 97.1 Å². The number of benzene rings is 1. The molecule has 0 spiro atoms. The topological polar surface area (TPSA) is 47.0 Å². The summed E-state index contributed by atoms with van der Waals surface area (Å²) in [7, 11) is -4.62. The van der Waals surface area contributed by atoms with E-state index in [2.05, 4.69) is 4.98 Å². The van der Waals surface area contributed by atoms with Gasteiger partial charge in [-0.1, -0.05) is 23.7 Å². The van der Waals surface area contributed by atoms with Crippen LogP contribution in [-0.4, -0.2) is 13.4 Å². The van der Waals surface area contributed by atoms with Crippen molar-refractivity contribution in [2.75, 3.05) is 0 Å². The van der Waals surface area contributed by atoms with Gasteiger partial charge in [0.15, 0.2) is 0 Å². The Hall–Kier alpha value is -1.20. The lowest BCUT2D eigenvalue weighted by Gasteiger charge is -2.05. The van der Waals surface area contributed by atoms with Crippen molar-refractivity contribution >= 4 is 32.7 Å². The molecule has 0 aliphatic rings. The molecule has 0 bridgehead atoms.